The van der Waals surface area contributed by atoms with E-state index >= 15 is 0 Å². The summed E-state index contributed by atoms with van der Waals surface area (Å²) < 4.78 is 13.6. The predicted molar refractivity (Wildman–Crippen MR) is 134 cm³/mol. The third-order valence-electron chi connectivity index (χ3n) is 5.91. The van der Waals surface area contributed by atoms with Gasteiger partial charge < -0.3 is 9.15 Å². The molecule has 0 N–H and O–H groups in total. The fourth-order valence-corrected chi connectivity index (χ4v) is 5.38. The highest BCUT2D eigenvalue weighted by atomic mass is 35.5. The number of para-hydroxylation sites is 1. The fourth-order valence-electron chi connectivity index (χ4n) is 4.18. The molecule has 1 aliphatic rings. The van der Waals surface area contributed by atoms with Crippen LogP contribution in [0.25, 0.3) is 21.7 Å². The molecule has 0 unspecified atom stereocenters. The Hall–Kier alpha value is -3.29. The summed E-state index contributed by atoms with van der Waals surface area (Å²) in [5.41, 5.74) is 1.17. The first-order valence-electron chi connectivity index (χ1n) is 11.1. The van der Waals surface area contributed by atoms with Crippen LogP contribution in [0.3, 0.4) is 0 Å². The van der Waals surface area contributed by atoms with E-state index in [9.17, 15) is 4.79 Å². The van der Waals surface area contributed by atoms with Crippen molar-refractivity contribution in [1.82, 2.24) is 14.8 Å². The number of ether oxygens (including phenoxy) is 1. The van der Waals surface area contributed by atoms with Crippen LogP contribution in [0.5, 0.6) is 5.75 Å². The van der Waals surface area contributed by atoms with Crippen LogP contribution < -0.4 is 10.4 Å². The van der Waals surface area contributed by atoms with Crippen LogP contribution in [0.4, 0.5) is 0 Å². The van der Waals surface area contributed by atoms with Gasteiger partial charge in [-0.25, -0.2) is 4.79 Å². The van der Waals surface area contributed by atoms with E-state index in [0.717, 1.165) is 45.5 Å². The Labute approximate surface area is 204 Å². The number of nitrogens with zero attached hydrogens (tertiary/aromatic N) is 3. The number of rotatable bonds is 7. The second-order valence-corrected chi connectivity index (χ2v) is 9.61. The van der Waals surface area contributed by atoms with Crippen molar-refractivity contribution in [2.75, 3.05) is 0 Å². The molecule has 34 heavy (non-hydrogen) atoms. The summed E-state index contributed by atoms with van der Waals surface area (Å²) in [5.74, 6) is 1.97. The number of benzene rings is 3. The van der Waals surface area contributed by atoms with Crippen molar-refractivity contribution in [3.63, 3.8) is 0 Å². The molecule has 0 saturated heterocycles. The minimum absolute atomic E-state index is 0.288. The van der Waals surface area contributed by atoms with E-state index in [0.29, 0.717) is 28.1 Å². The molecule has 5 aromatic rings. The molecule has 1 saturated carbocycles. The van der Waals surface area contributed by atoms with Gasteiger partial charge in [-0.1, -0.05) is 65.8 Å². The molecular weight excluding hydrogens is 470 g/mol. The van der Waals surface area contributed by atoms with Crippen LogP contribution in [0.2, 0.25) is 5.02 Å². The summed E-state index contributed by atoms with van der Waals surface area (Å²) in [6.07, 6.45) is 2.18. The van der Waals surface area contributed by atoms with Crippen molar-refractivity contribution < 1.29 is 9.15 Å². The monoisotopic (exact) mass is 489 g/mol. The highest BCUT2D eigenvalue weighted by Gasteiger charge is 2.30. The maximum absolute atomic E-state index is 12.3. The summed E-state index contributed by atoms with van der Waals surface area (Å²) in [4.78, 5) is 12.3. The molecule has 1 aliphatic carbocycles. The smallest absolute Gasteiger partial charge is 0.336 e. The van der Waals surface area contributed by atoms with Crippen molar-refractivity contribution in [2.24, 2.45) is 0 Å². The van der Waals surface area contributed by atoms with Crippen molar-refractivity contribution in [3.05, 3.63) is 93.6 Å². The Balaban J connectivity index is 1.30. The molecule has 0 atom stereocenters. The molecular formula is C26H20ClN3O3S. The Bertz CT molecular complexity index is 1580. The lowest BCUT2D eigenvalue weighted by Gasteiger charge is -2.11. The van der Waals surface area contributed by atoms with E-state index in [2.05, 4.69) is 26.9 Å². The van der Waals surface area contributed by atoms with Crippen molar-refractivity contribution in [3.8, 4) is 5.75 Å². The van der Waals surface area contributed by atoms with Gasteiger partial charge in [0.2, 0.25) is 0 Å². The number of hydrogen-bond donors (Lipinski definition) is 0. The zero-order chi connectivity index (χ0) is 23.1. The average molecular weight is 490 g/mol. The largest absolute Gasteiger partial charge is 0.484 e. The molecule has 0 radical (unpaired) electrons. The number of aromatic nitrogens is 3. The van der Waals surface area contributed by atoms with E-state index in [1.54, 1.807) is 23.9 Å². The fraction of sp³-hybridized carbons (Fsp3) is 0.192. The summed E-state index contributed by atoms with van der Waals surface area (Å²) in [5, 5.41) is 13.4. The molecule has 170 valence electrons. The van der Waals surface area contributed by atoms with E-state index in [4.69, 9.17) is 20.8 Å². The van der Waals surface area contributed by atoms with E-state index in [1.807, 2.05) is 42.5 Å². The Kier molecular flexibility index (Phi) is 5.51. The molecule has 2 heterocycles. The van der Waals surface area contributed by atoms with Gasteiger partial charge in [0, 0.05) is 23.2 Å². The molecule has 0 aliphatic heterocycles. The van der Waals surface area contributed by atoms with Gasteiger partial charge in [-0.3, -0.25) is 4.57 Å². The zero-order valence-corrected chi connectivity index (χ0v) is 19.7. The maximum Gasteiger partial charge on any atom is 0.336 e. The molecule has 0 spiro atoms. The van der Waals surface area contributed by atoms with Gasteiger partial charge in [0.1, 0.15) is 17.9 Å². The van der Waals surface area contributed by atoms with E-state index in [1.165, 1.54) is 0 Å². The third kappa shape index (κ3) is 4.06. The van der Waals surface area contributed by atoms with Crippen LogP contribution in [-0.4, -0.2) is 14.8 Å². The van der Waals surface area contributed by atoms with Crippen molar-refractivity contribution in [2.45, 2.75) is 36.4 Å². The molecule has 6 rings (SSSR count). The quantitative estimate of drug-likeness (QED) is 0.150. The van der Waals surface area contributed by atoms with E-state index < -0.39 is 0 Å². The normalized spacial score (nSPS) is 13.6. The third-order valence-corrected chi connectivity index (χ3v) is 7.22. The summed E-state index contributed by atoms with van der Waals surface area (Å²) in [7, 11) is 0. The van der Waals surface area contributed by atoms with Crippen LogP contribution in [0, 0.1) is 0 Å². The molecule has 6 nitrogen and oxygen atoms in total. The number of fused-ring (bicyclic) bond motifs is 3. The Morgan fingerprint density at radius 2 is 1.88 bits per heavy atom. The lowest BCUT2D eigenvalue weighted by atomic mass is 10.0. The summed E-state index contributed by atoms with van der Waals surface area (Å²) in [6.45, 7) is 0.288. The molecule has 8 heteroatoms. The summed E-state index contributed by atoms with van der Waals surface area (Å²) >= 11 is 7.80. The van der Waals surface area contributed by atoms with Crippen LogP contribution >= 0.6 is 23.4 Å². The predicted octanol–water partition coefficient (Wildman–Crippen LogP) is 6.40. The highest BCUT2D eigenvalue weighted by molar-refractivity contribution is 7.98. The zero-order valence-electron chi connectivity index (χ0n) is 18.1. The van der Waals surface area contributed by atoms with Crippen LogP contribution in [0.15, 0.2) is 81.1 Å². The average Bonchev–Trinajstić information content (AvgIpc) is 3.61. The highest BCUT2D eigenvalue weighted by Crippen LogP contribution is 2.40. The topological polar surface area (TPSA) is 70.2 Å². The van der Waals surface area contributed by atoms with Crippen molar-refractivity contribution >= 4 is 45.1 Å². The molecule has 1 fully saturated rings. The molecule has 2 aromatic heterocycles. The SMILES string of the molecule is O=c1cc(CSc2nnc(COc3ccccc3Cl)n2C2CC2)c2c(ccc3ccccc32)o1. The van der Waals surface area contributed by atoms with Gasteiger partial charge in [-0.15, -0.1) is 10.2 Å². The van der Waals surface area contributed by atoms with Gasteiger partial charge in [0.25, 0.3) is 0 Å². The van der Waals surface area contributed by atoms with Crippen LogP contribution in [-0.2, 0) is 12.4 Å². The summed E-state index contributed by atoms with van der Waals surface area (Å²) in [6, 6.07) is 21.3. The maximum atomic E-state index is 12.3. The first kappa shape index (κ1) is 21.3. The first-order valence-corrected chi connectivity index (χ1v) is 12.4. The first-order chi connectivity index (χ1) is 16.7. The molecule has 0 bridgehead atoms. The lowest BCUT2D eigenvalue weighted by Crippen LogP contribution is -2.07. The second-order valence-electron chi connectivity index (χ2n) is 8.26. The van der Waals surface area contributed by atoms with Crippen molar-refractivity contribution in [1.29, 1.82) is 0 Å². The van der Waals surface area contributed by atoms with Gasteiger partial charge in [0.05, 0.1) is 5.02 Å². The number of thioether (sulfide) groups is 1. The minimum Gasteiger partial charge on any atom is -0.484 e. The van der Waals surface area contributed by atoms with Gasteiger partial charge in [0.15, 0.2) is 11.0 Å². The molecule has 3 aromatic carbocycles. The van der Waals surface area contributed by atoms with Gasteiger partial charge in [-0.2, -0.15) is 0 Å². The Morgan fingerprint density at radius 3 is 2.74 bits per heavy atom. The standard InChI is InChI=1S/C26H20ClN3O3S/c27-20-7-3-4-8-21(20)32-14-23-28-29-26(30(23)18-10-11-18)34-15-17-13-24(31)33-22-12-9-16-5-1-2-6-19(16)25(17)22/h1-9,12-13,18H,10-11,14-15H2. The number of halogens is 1. The second kappa shape index (κ2) is 8.81. The molecule has 0 amide bonds. The minimum atomic E-state index is -0.351. The van der Waals surface area contributed by atoms with Gasteiger partial charge in [-0.05, 0) is 47.4 Å². The Morgan fingerprint density at radius 1 is 1.06 bits per heavy atom. The lowest BCUT2D eigenvalue weighted by molar-refractivity contribution is 0.288. The van der Waals surface area contributed by atoms with E-state index in [-0.39, 0.29) is 12.2 Å². The van der Waals surface area contributed by atoms with Crippen LogP contribution in [0.1, 0.15) is 30.3 Å². The van der Waals surface area contributed by atoms with Gasteiger partial charge >= 0.3 is 5.63 Å². The number of hydrogen-bond acceptors (Lipinski definition) is 6.